The molecule has 0 bridgehead atoms. The Morgan fingerprint density at radius 1 is 1.40 bits per heavy atom. The first-order valence-electron chi connectivity index (χ1n) is 5.17. The molecule has 0 spiro atoms. The van der Waals surface area contributed by atoms with E-state index in [0.29, 0.717) is 6.04 Å². The minimum Gasteiger partial charge on any atom is -0.492 e. The van der Waals surface area contributed by atoms with Gasteiger partial charge in [-0.1, -0.05) is 18.2 Å². The van der Waals surface area contributed by atoms with Crippen LogP contribution in [0.4, 0.5) is 0 Å². The average molecular weight is 225 g/mol. The van der Waals surface area contributed by atoms with Gasteiger partial charge in [0.1, 0.15) is 5.75 Å². The van der Waals surface area contributed by atoms with Crippen LogP contribution < -0.4 is 10.1 Å². The quantitative estimate of drug-likeness (QED) is 0.752. The number of ether oxygens (including phenoxy) is 1. The summed E-state index contributed by atoms with van der Waals surface area (Å²) >= 11 is 1.80. The summed E-state index contributed by atoms with van der Waals surface area (Å²) in [6.07, 6.45) is 2.09. The largest absolute Gasteiger partial charge is 0.492 e. The van der Waals surface area contributed by atoms with E-state index in [1.54, 1.807) is 11.8 Å². The third-order valence-electron chi connectivity index (χ3n) is 2.36. The molecule has 3 heteroatoms. The molecular weight excluding hydrogens is 206 g/mol. The molecule has 0 heterocycles. The zero-order valence-electron chi connectivity index (χ0n) is 9.62. The fraction of sp³-hybridized carbons (Fsp3) is 0.500. The zero-order chi connectivity index (χ0) is 11.1. The lowest BCUT2D eigenvalue weighted by molar-refractivity contribution is 0.337. The molecule has 0 saturated carbocycles. The maximum absolute atomic E-state index is 5.74. The van der Waals surface area contributed by atoms with Crippen LogP contribution >= 0.6 is 11.8 Å². The Hall–Kier alpha value is -0.670. The standard InChI is InChI=1S/C12H19NOS/c1-10(13-2)11-6-4-5-7-12(11)14-8-9-15-3/h4-7,10,13H,8-9H2,1-3H3. The highest BCUT2D eigenvalue weighted by atomic mass is 32.2. The van der Waals surface area contributed by atoms with Gasteiger partial charge in [0.05, 0.1) is 6.61 Å². The number of rotatable bonds is 6. The van der Waals surface area contributed by atoms with Gasteiger partial charge in [-0.05, 0) is 26.3 Å². The predicted molar refractivity (Wildman–Crippen MR) is 67.8 cm³/mol. The maximum Gasteiger partial charge on any atom is 0.124 e. The second kappa shape index (κ2) is 6.75. The van der Waals surface area contributed by atoms with Gasteiger partial charge in [-0.3, -0.25) is 0 Å². The van der Waals surface area contributed by atoms with Crippen molar-refractivity contribution in [2.75, 3.05) is 25.7 Å². The van der Waals surface area contributed by atoms with Crippen LogP contribution in [0.15, 0.2) is 24.3 Å². The molecule has 1 rings (SSSR count). The Bertz CT molecular complexity index is 291. The minimum absolute atomic E-state index is 0.329. The van der Waals surface area contributed by atoms with Crippen molar-refractivity contribution in [3.63, 3.8) is 0 Å². The average Bonchev–Trinajstić information content (AvgIpc) is 2.29. The van der Waals surface area contributed by atoms with Crippen LogP contribution in [-0.4, -0.2) is 25.7 Å². The van der Waals surface area contributed by atoms with Gasteiger partial charge in [-0.2, -0.15) is 11.8 Å². The highest BCUT2D eigenvalue weighted by molar-refractivity contribution is 7.98. The molecule has 0 aliphatic heterocycles. The third kappa shape index (κ3) is 3.76. The Labute approximate surface area is 96.4 Å². The Kier molecular flexibility index (Phi) is 5.58. The van der Waals surface area contributed by atoms with E-state index >= 15 is 0 Å². The Morgan fingerprint density at radius 2 is 2.13 bits per heavy atom. The molecule has 0 radical (unpaired) electrons. The summed E-state index contributed by atoms with van der Waals surface area (Å²) in [4.78, 5) is 0. The molecule has 2 nitrogen and oxygen atoms in total. The predicted octanol–water partition coefficient (Wildman–Crippen LogP) is 2.71. The molecule has 0 aromatic heterocycles. The van der Waals surface area contributed by atoms with Crippen LogP contribution in [0.3, 0.4) is 0 Å². The van der Waals surface area contributed by atoms with E-state index in [9.17, 15) is 0 Å². The molecule has 0 aliphatic rings. The van der Waals surface area contributed by atoms with Crippen LogP contribution in [0.2, 0.25) is 0 Å². The highest BCUT2D eigenvalue weighted by Gasteiger charge is 2.08. The van der Waals surface area contributed by atoms with E-state index in [2.05, 4.69) is 24.6 Å². The number of hydrogen-bond acceptors (Lipinski definition) is 3. The molecule has 84 valence electrons. The number of thioether (sulfide) groups is 1. The van der Waals surface area contributed by atoms with Crippen molar-refractivity contribution in [3.8, 4) is 5.75 Å². The molecule has 1 unspecified atom stereocenters. The fourth-order valence-electron chi connectivity index (χ4n) is 1.36. The molecule has 1 aromatic carbocycles. The molecule has 0 fully saturated rings. The SMILES string of the molecule is CNC(C)c1ccccc1OCCSC. The minimum atomic E-state index is 0.329. The Morgan fingerprint density at radius 3 is 2.80 bits per heavy atom. The van der Waals surface area contributed by atoms with Gasteiger partial charge in [0.25, 0.3) is 0 Å². The first-order chi connectivity index (χ1) is 7.29. The van der Waals surface area contributed by atoms with Crippen molar-refractivity contribution in [3.05, 3.63) is 29.8 Å². The second-order valence-corrected chi connectivity index (χ2v) is 4.38. The highest BCUT2D eigenvalue weighted by Crippen LogP contribution is 2.24. The van der Waals surface area contributed by atoms with Crippen LogP contribution in [0.1, 0.15) is 18.5 Å². The smallest absolute Gasteiger partial charge is 0.124 e. The molecule has 1 aromatic rings. The molecule has 0 aliphatic carbocycles. The topological polar surface area (TPSA) is 21.3 Å². The van der Waals surface area contributed by atoms with E-state index in [0.717, 1.165) is 18.1 Å². The first kappa shape index (κ1) is 12.4. The summed E-state index contributed by atoms with van der Waals surface area (Å²) < 4.78 is 5.74. The summed E-state index contributed by atoms with van der Waals surface area (Å²) in [6, 6.07) is 8.53. The molecule has 1 N–H and O–H groups in total. The van der Waals surface area contributed by atoms with Crippen LogP contribution in [-0.2, 0) is 0 Å². The van der Waals surface area contributed by atoms with Gasteiger partial charge in [0.15, 0.2) is 0 Å². The van der Waals surface area contributed by atoms with Crippen molar-refractivity contribution < 1.29 is 4.74 Å². The molecule has 0 amide bonds. The fourth-order valence-corrected chi connectivity index (χ4v) is 1.61. The monoisotopic (exact) mass is 225 g/mol. The van der Waals surface area contributed by atoms with Gasteiger partial charge in [0, 0.05) is 17.4 Å². The van der Waals surface area contributed by atoms with E-state index in [4.69, 9.17) is 4.74 Å². The van der Waals surface area contributed by atoms with Gasteiger partial charge in [-0.25, -0.2) is 0 Å². The lowest BCUT2D eigenvalue weighted by atomic mass is 10.1. The summed E-state index contributed by atoms with van der Waals surface area (Å²) in [5.41, 5.74) is 1.22. The summed E-state index contributed by atoms with van der Waals surface area (Å²) in [5.74, 6) is 2.02. The number of nitrogens with one attached hydrogen (secondary N) is 1. The van der Waals surface area contributed by atoms with Gasteiger partial charge in [0.2, 0.25) is 0 Å². The molecule has 15 heavy (non-hydrogen) atoms. The van der Waals surface area contributed by atoms with Crippen LogP contribution in [0.25, 0.3) is 0 Å². The van der Waals surface area contributed by atoms with Crippen LogP contribution in [0.5, 0.6) is 5.75 Å². The van der Waals surface area contributed by atoms with Crippen molar-refractivity contribution in [2.24, 2.45) is 0 Å². The van der Waals surface area contributed by atoms with E-state index in [1.807, 2.05) is 25.2 Å². The molecular formula is C12H19NOS. The molecule has 0 saturated heterocycles. The van der Waals surface area contributed by atoms with Gasteiger partial charge in [-0.15, -0.1) is 0 Å². The number of hydrogen-bond donors (Lipinski definition) is 1. The summed E-state index contributed by atoms with van der Waals surface area (Å²) in [5, 5.41) is 3.23. The zero-order valence-corrected chi connectivity index (χ0v) is 10.4. The summed E-state index contributed by atoms with van der Waals surface area (Å²) in [7, 11) is 1.96. The first-order valence-corrected chi connectivity index (χ1v) is 6.57. The summed E-state index contributed by atoms with van der Waals surface area (Å²) in [6.45, 7) is 2.91. The van der Waals surface area contributed by atoms with E-state index in [-0.39, 0.29) is 0 Å². The third-order valence-corrected chi connectivity index (χ3v) is 2.94. The van der Waals surface area contributed by atoms with Crippen LogP contribution in [0, 0.1) is 0 Å². The van der Waals surface area contributed by atoms with Crippen molar-refractivity contribution in [1.82, 2.24) is 5.32 Å². The lowest BCUT2D eigenvalue weighted by Gasteiger charge is -2.16. The van der Waals surface area contributed by atoms with Crippen molar-refractivity contribution in [2.45, 2.75) is 13.0 Å². The van der Waals surface area contributed by atoms with Crippen molar-refractivity contribution in [1.29, 1.82) is 0 Å². The van der Waals surface area contributed by atoms with Gasteiger partial charge < -0.3 is 10.1 Å². The van der Waals surface area contributed by atoms with Gasteiger partial charge >= 0.3 is 0 Å². The second-order valence-electron chi connectivity index (χ2n) is 3.39. The maximum atomic E-state index is 5.74. The Balaban J connectivity index is 2.68. The number of para-hydroxylation sites is 1. The number of benzene rings is 1. The van der Waals surface area contributed by atoms with E-state index < -0.39 is 0 Å². The normalized spacial score (nSPS) is 12.5. The van der Waals surface area contributed by atoms with E-state index in [1.165, 1.54) is 5.56 Å². The van der Waals surface area contributed by atoms with Crippen molar-refractivity contribution >= 4 is 11.8 Å². The lowest BCUT2D eigenvalue weighted by Crippen LogP contribution is -2.14. The molecule has 1 atom stereocenters.